The molecule has 1 aliphatic rings. The molecule has 0 bridgehead atoms. The van der Waals surface area contributed by atoms with Gasteiger partial charge in [-0.25, -0.2) is 4.98 Å². The van der Waals surface area contributed by atoms with Gasteiger partial charge in [-0.1, -0.05) is 0 Å². The van der Waals surface area contributed by atoms with Gasteiger partial charge < -0.3 is 14.8 Å². The van der Waals surface area contributed by atoms with E-state index >= 15 is 0 Å². The highest BCUT2D eigenvalue weighted by molar-refractivity contribution is 5.32. The van der Waals surface area contributed by atoms with Gasteiger partial charge in [0.2, 0.25) is 5.88 Å². The average Bonchev–Trinajstić information content (AvgIpc) is 2.84. The summed E-state index contributed by atoms with van der Waals surface area (Å²) in [6.07, 6.45) is 1.73. The van der Waals surface area contributed by atoms with E-state index < -0.39 is 0 Å². The van der Waals surface area contributed by atoms with Gasteiger partial charge in [-0.3, -0.25) is 0 Å². The predicted octanol–water partition coefficient (Wildman–Crippen LogP) is 0.188. The van der Waals surface area contributed by atoms with Gasteiger partial charge in [0.05, 0.1) is 6.10 Å². The average molecular weight is 263 g/mol. The van der Waals surface area contributed by atoms with Crippen LogP contribution < -0.4 is 10.1 Å². The number of morpholine rings is 1. The molecule has 1 fully saturated rings. The molecule has 0 saturated carbocycles. The van der Waals surface area contributed by atoms with E-state index in [9.17, 15) is 0 Å². The largest absolute Gasteiger partial charge is 0.475 e. The van der Waals surface area contributed by atoms with E-state index in [-0.39, 0.29) is 12.2 Å². The van der Waals surface area contributed by atoms with Crippen LogP contribution in [-0.4, -0.2) is 51.5 Å². The van der Waals surface area contributed by atoms with Gasteiger partial charge in [0.25, 0.3) is 5.78 Å². The van der Waals surface area contributed by atoms with Crippen molar-refractivity contribution in [2.24, 2.45) is 0 Å². The second-order valence-corrected chi connectivity index (χ2v) is 4.75. The molecule has 0 aliphatic carbocycles. The van der Waals surface area contributed by atoms with Crippen molar-refractivity contribution >= 4 is 5.78 Å². The fourth-order valence-corrected chi connectivity index (χ4v) is 2.15. The maximum Gasteiger partial charge on any atom is 0.255 e. The van der Waals surface area contributed by atoms with Crippen LogP contribution in [0, 0.1) is 6.92 Å². The first-order chi connectivity index (χ1) is 9.22. The van der Waals surface area contributed by atoms with Gasteiger partial charge in [-0.05, 0) is 13.8 Å². The Morgan fingerprint density at radius 2 is 2.42 bits per heavy atom. The normalized spacial score (nSPS) is 23.7. The van der Waals surface area contributed by atoms with E-state index in [4.69, 9.17) is 9.47 Å². The molecule has 7 nitrogen and oxygen atoms in total. The summed E-state index contributed by atoms with van der Waals surface area (Å²) in [5.41, 5.74) is 0.853. The third kappa shape index (κ3) is 2.66. The minimum atomic E-state index is 0.0517. The van der Waals surface area contributed by atoms with Gasteiger partial charge in [0.15, 0.2) is 0 Å². The SMILES string of the molecule is Cc1cc(OCC2CNCC(C)O2)n2ncnc2n1. The van der Waals surface area contributed by atoms with E-state index in [0.29, 0.717) is 18.3 Å². The summed E-state index contributed by atoms with van der Waals surface area (Å²) in [7, 11) is 0. The van der Waals surface area contributed by atoms with Crippen molar-refractivity contribution in [3.8, 4) is 5.88 Å². The first kappa shape index (κ1) is 12.3. The van der Waals surface area contributed by atoms with Crippen molar-refractivity contribution in [2.75, 3.05) is 19.7 Å². The Morgan fingerprint density at radius 1 is 1.53 bits per heavy atom. The van der Waals surface area contributed by atoms with Gasteiger partial charge in [-0.15, -0.1) is 0 Å². The van der Waals surface area contributed by atoms with E-state index in [1.807, 2.05) is 19.9 Å². The summed E-state index contributed by atoms with van der Waals surface area (Å²) in [4.78, 5) is 8.33. The number of rotatable bonds is 3. The number of hydrogen-bond donors (Lipinski definition) is 1. The quantitative estimate of drug-likeness (QED) is 0.852. The highest BCUT2D eigenvalue weighted by Gasteiger charge is 2.19. The van der Waals surface area contributed by atoms with Gasteiger partial charge >= 0.3 is 0 Å². The molecule has 1 N–H and O–H groups in total. The lowest BCUT2D eigenvalue weighted by Gasteiger charge is -2.28. The molecule has 1 aliphatic heterocycles. The number of ether oxygens (including phenoxy) is 2. The molecule has 102 valence electrons. The zero-order valence-corrected chi connectivity index (χ0v) is 11.0. The summed E-state index contributed by atoms with van der Waals surface area (Å²) in [5, 5.41) is 7.41. The highest BCUT2D eigenvalue weighted by atomic mass is 16.5. The molecule has 0 aromatic carbocycles. The van der Waals surface area contributed by atoms with Gasteiger partial charge in [0.1, 0.15) is 19.0 Å². The molecule has 3 heterocycles. The monoisotopic (exact) mass is 263 g/mol. The molecule has 0 amide bonds. The van der Waals surface area contributed by atoms with Crippen molar-refractivity contribution in [3.63, 3.8) is 0 Å². The Kier molecular flexibility index (Phi) is 3.31. The number of aromatic nitrogens is 4. The predicted molar refractivity (Wildman–Crippen MR) is 68.2 cm³/mol. The number of hydrogen-bond acceptors (Lipinski definition) is 6. The molecule has 1 saturated heterocycles. The van der Waals surface area contributed by atoms with Crippen LogP contribution in [0.3, 0.4) is 0 Å². The first-order valence-electron chi connectivity index (χ1n) is 6.39. The summed E-state index contributed by atoms with van der Waals surface area (Å²) >= 11 is 0. The Hall–Kier alpha value is -1.73. The zero-order valence-electron chi connectivity index (χ0n) is 11.0. The summed E-state index contributed by atoms with van der Waals surface area (Å²) < 4.78 is 13.2. The van der Waals surface area contributed by atoms with Crippen LogP contribution in [0.4, 0.5) is 0 Å². The Labute approximate surface area is 111 Å². The third-order valence-corrected chi connectivity index (χ3v) is 2.99. The second-order valence-electron chi connectivity index (χ2n) is 4.75. The fraction of sp³-hybridized carbons (Fsp3) is 0.583. The van der Waals surface area contributed by atoms with Crippen LogP contribution >= 0.6 is 0 Å². The van der Waals surface area contributed by atoms with Crippen LogP contribution in [0.25, 0.3) is 5.78 Å². The number of fused-ring (bicyclic) bond motifs is 1. The fourth-order valence-electron chi connectivity index (χ4n) is 2.15. The molecule has 2 aromatic rings. The molecule has 3 rings (SSSR count). The molecule has 2 unspecified atom stereocenters. The highest BCUT2D eigenvalue weighted by Crippen LogP contribution is 2.14. The molecule has 0 spiro atoms. The molecule has 2 aromatic heterocycles. The van der Waals surface area contributed by atoms with Gasteiger partial charge in [-0.2, -0.15) is 14.6 Å². The van der Waals surface area contributed by atoms with Crippen LogP contribution in [0.2, 0.25) is 0 Å². The number of nitrogens with one attached hydrogen (secondary N) is 1. The van der Waals surface area contributed by atoms with Crippen molar-refractivity contribution in [2.45, 2.75) is 26.1 Å². The standard InChI is InChI=1S/C12H17N5O2/c1-8-3-11(17-12(16-8)14-7-15-17)18-6-10-5-13-4-9(2)19-10/h3,7,9-10,13H,4-6H2,1-2H3. The summed E-state index contributed by atoms with van der Waals surface area (Å²) in [6, 6.07) is 1.85. The topological polar surface area (TPSA) is 73.6 Å². The van der Waals surface area contributed by atoms with Crippen LogP contribution in [0.5, 0.6) is 5.88 Å². The maximum atomic E-state index is 5.80. The third-order valence-electron chi connectivity index (χ3n) is 2.99. The maximum absolute atomic E-state index is 5.80. The summed E-state index contributed by atoms with van der Waals surface area (Å²) in [6.45, 7) is 6.12. The lowest BCUT2D eigenvalue weighted by Crippen LogP contribution is -2.45. The number of nitrogens with zero attached hydrogens (tertiary/aromatic N) is 4. The molecule has 19 heavy (non-hydrogen) atoms. The Bertz CT molecular complexity index is 570. The first-order valence-corrected chi connectivity index (χ1v) is 6.39. The minimum absolute atomic E-state index is 0.0517. The van der Waals surface area contributed by atoms with E-state index in [1.165, 1.54) is 6.33 Å². The smallest absolute Gasteiger partial charge is 0.255 e. The molecular formula is C12H17N5O2. The lowest BCUT2D eigenvalue weighted by molar-refractivity contribution is -0.0479. The van der Waals surface area contributed by atoms with Crippen molar-refractivity contribution in [1.29, 1.82) is 0 Å². The Balaban J connectivity index is 1.72. The minimum Gasteiger partial charge on any atom is -0.475 e. The van der Waals surface area contributed by atoms with E-state index in [2.05, 4.69) is 20.4 Å². The van der Waals surface area contributed by atoms with Crippen LogP contribution in [0.1, 0.15) is 12.6 Å². The van der Waals surface area contributed by atoms with E-state index in [1.54, 1.807) is 4.52 Å². The van der Waals surface area contributed by atoms with Crippen LogP contribution in [0.15, 0.2) is 12.4 Å². The lowest BCUT2D eigenvalue weighted by atomic mass is 10.2. The van der Waals surface area contributed by atoms with Crippen LogP contribution in [-0.2, 0) is 4.74 Å². The molecule has 0 radical (unpaired) electrons. The molecular weight excluding hydrogens is 246 g/mol. The zero-order chi connectivity index (χ0) is 13.2. The molecule has 2 atom stereocenters. The molecule has 7 heteroatoms. The summed E-state index contributed by atoms with van der Waals surface area (Å²) in [5.74, 6) is 1.19. The van der Waals surface area contributed by atoms with Gasteiger partial charge in [0, 0.05) is 24.8 Å². The second kappa shape index (κ2) is 5.10. The van der Waals surface area contributed by atoms with Crippen molar-refractivity contribution in [3.05, 3.63) is 18.1 Å². The van der Waals surface area contributed by atoms with E-state index in [0.717, 1.165) is 18.8 Å². The van der Waals surface area contributed by atoms with Crippen molar-refractivity contribution < 1.29 is 9.47 Å². The number of aryl methyl sites for hydroxylation is 1. The Morgan fingerprint density at radius 3 is 3.26 bits per heavy atom. The van der Waals surface area contributed by atoms with Crippen molar-refractivity contribution in [1.82, 2.24) is 24.9 Å².